The quantitative estimate of drug-likeness (QED) is 0.904. The van der Waals surface area contributed by atoms with Crippen molar-refractivity contribution in [3.63, 3.8) is 0 Å². The summed E-state index contributed by atoms with van der Waals surface area (Å²) in [4.78, 5) is 25.0. The second-order valence-electron chi connectivity index (χ2n) is 5.28. The highest BCUT2D eigenvalue weighted by atomic mass is 16.5. The van der Waals surface area contributed by atoms with Crippen molar-refractivity contribution in [2.24, 2.45) is 11.7 Å². The molecule has 1 atom stereocenters. The van der Waals surface area contributed by atoms with Crippen LogP contribution in [0, 0.1) is 5.92 Å². The largest absolute Gasteiger partial charge is 0.484 e. The summed E-state index contributed by atoms with van der Waals surface area (Å²) in [6, 6.07) is 6.87. The van der Waals surface area contributed by atoms with E-state index < -0.39 is 5.91 Å². The van der Waals surface area contributed by atoms with E-state index in [9.17, 15) is 9.59 Å². The Hall–Kier alpha value is -2.04. The Bertz CT molecular complexity index is 502. The van der Waals surface area contributed by atoms with E-state index in [4.69, 9.17) is 10.5 Å². The first-order valence-electron chi connectivity index (χ1n) is 6.86. The van der Waals surface area contributed by atoms with Crippen molar-refractivity contribution in [1.82, 2.24) is 4.90 Å². The molecule has 0 aliphatic carbocycles. The molecule has 20 heavy (non-hydrogen) atoms. The molecule has 0 radical (unpaired) electrons. The maximum absolute atomic E-state index is 12.4. The zero-order valence-corrected chi connectivity index (χ0v) is 11.7. The number of nitrogens with two attached hydrogens (primary N) is 1. The molecule has 0 bridgehead atoms. The van der Waals surface area contributed by atoms with E-state index >= 15 is 0 Å². The molecule has 1 saturated heterocycles. The van der Waals surface area contributed by atoms with Gasteiger partial charge in [0.2, 0.25) is 0 Å². The number of piperidine rings is 1. The number of nitrogens with zero attached hydrogens (tertiary/aromatic N) is 1. The smallest absolute Gasteiger partial charge is 0.255 e. The fraction of sp³-hybridized carbons (Fsp3) is 0.467. The Morgan fingerprint density at radius 2 is 2.25 bits per heavy atom. The lowest BCUT2D eigenvalue weighted by atomic mass is 9.99. The summed E-state index contributed by atoms with van der Waals surface area (Å²) in [6.07, 6.45) is 2.22. The van der Waals surface area contributed by atoms with E-state index in [1.165, 1.54) is 6.42 Å². The number of ether oxygens (including phenoxy) is 1. The third-order valence-corrected chi connectivity index (χ3v) is 3.41. The van der Waals surface area contributed by atoms with Crippen LogP contribution in [-0.4, -0.2) is 36.4 Å². The zero-order valence-electron chi connectivity index (χ0n) is 11.7. The van der Waals surface area contributed by atoms with Crippen molar-refractivity contribution < 1.29 is 14.3 Å². The molecule has 0 aromatic heterocycles. The first-order chi connectivity index (χ1) is 9.56. The third-order valence-electron chi connectivity index (χ3n) is 3.41. The van der Waals surface area contributed by atoms with Crippen LogP contribution in [0.4, 0.5) is 0 Å². The Kier molecular flexibility index (Phi) is 4.61. The minimum atomic E-state index is -0.536. The highest BCUT2D eigenvalue weighted by Gasteiger charge is 2.22. The summed E-state index contributed by atoms with van der Waals surface area (Å²) in [7, 11) is 0. The maximum atomic E-state index is 12.4. The zero-order chi connectivity index (χ0) is 14.5. The maximum Gasteiger partial charge on any atom is 0.255 e. The average Bonchev–Trinajstić information content (AvgIpc) is 2.44. The lowest BCUT2D eigenvalue weighted by Gasteiger charge is -2.31. The molecule has 5 heteroatoms. The van der Waals surface area contributed by atoms with E-state index in [2.05, 4.69) is 6.92 Å². The standard InChI is InChI=1S/C15H20N2O3/c1-11-4-3-7-17(9-11)15(19)12-5-2-6-13(8-12)20-10-14(16)18/h2,5-6,8,11H,3-4,7,9-10H2,1H3,(H2,16,18)/t11-/m0/s1. The number of carbonyl (C=O) groups excluding carboxylic acids is 2. The second kappa shape index (κ2) is 6.41. The number of rotatable bonds is 4. The number of primary amides is 1. The summed E-state index contributed by atoms with van der Waals surface area (Å²) in [5.41, 5.74) is 5.62. The fourth-order valence-corrected chi connectivity index (χ4v) is 2.43. The van der Waals surface area contributed by atoms with Crippen LogP contribution < -0.4 is 10.5 Å². The summed E-state index contributed by atoms with van der Waals surface area (Å²) in [5, 5.41) is 0. The molecule has 0 unspecified atom stereocenters. The van der Waals surface area contributed by atoms with Gasteiger partial charge in [-0.3, -0.25) is 9.59 Å². The molecule has 0 saturated carbocycles. The molecule has 1 aromatic carbocycles. The Balaban J connectivity index is 2.05. The molecule has 5 nitrogen and oxygen atoms in total. The van der Waals surface area contributed by atoms with Gasteiger partial charge in [0.05, 0.1) is 0 Å². The minimum absolute atomic E-state index is 0.0149. The van der Waals surface area contributed by atoms with Crippen LogP contribution in [0.3, 0.4) is 0 Å². The van der Waals surface area contributed by atoms with Crippen LogP contribution in [0.25, 0.3) is 0 Å². The number of amides is 2. The molecule has 1 heterocycles. The first-order valence-corrected chi connectivity index (χ1v) is 6.86. The van der Waals surface area contributed by atoms with Gasteiger partial charge >= 0.3 is 0 Å². The Morgan fingerprint density at radius 1 is 1.45 bits per heavy atom. The van der Waals surface area contributed by atoms with Crippen molar-refractivity contribution >= 4 is 11.8 Å². The van der Waals surface area contributed by atoms with Crippen molar-refractivity contribution in [2.45, 2.75) is 19.8 Å². The van der Waals surface area contributed by atoms with Crippen LogP contribution in [0.15, 0.2) is 24.3 Å². The first kappa shape index (κ1) is 14.4. The number of likely N-dealkylation sites (tertiary alicyclic amines) is 1. The molecule has 1 aliphatic rings. The highest BCUT2D eigenvalue weighted by Crippen LogP contribution is 2.20. The van der Waals surface area contributed by atoms with Gasteiger partial charge in [0, 0.05) is 18.7 Å². The fourth-order valence-electron chi connectivity index (χ4n) is 2.43. The van der Waals surface area contributed by atoms with Gasteiger partial charge in [-0.1, -0.05) is 13.0 Å². The number of hydrogen-bond donors (Lipinski definition) is 1. The molecule has 1 aromatic rings. The summed E-state index contributed by atoms with van der Waals surface area (Å²) in [5.74, 6) is 0.509. The molecule has 1 aliphatic heterocycles. The van der Waals surface area contributed by atoms with Crippen molar-refractivity contribution in [1.29, 1.82) is 0 Å². The van der Waals surface area contributed by atoms with Gasteiger partial charge in [-0.15, -0.1) is 0 Å². The lowest BCUT2D eigenvalue weighted by Crippen LogP contribution is -2.39. The number of carbonyl (C=O) groups is 2. The molecular formula is C15H20N2O3. The molecule has 108 valence electrons. The van der Waals surface area contributed by atoms with Gasteiger partial charge in [-0.2, -0.15) is 0 Å². The number of benzene rings is 1. The van der Waals surface area contributed by atoms with Gasteiger partial charge in [0.25, 0.3) is 11.8 Å². The van der Waals surface area contributed by atoms with Gasteiger partial charge in [-0.25, -0.2) is 0 Å². The summed E-state index contributed by atoms with van der Waals surface area (Å²) >= 11 is 0. The van der Waals surface area contributed by atoms with E-state index in [1.807, 2.05) is 4.90 Å². The predicted molar refractivity (Wildman–Crippen MR) is 75.4 cm³/mol. The van der Waals surface area contributed by atoms with E-state index in [-0.39, 0.29) is 12.5 Å². The lowest BCUT2D eigenvalue weighted by molar-refractivity contribution is -0.119. The van der Waals surface area contributed by atoms with E-state index in [0.29, 0.717) is 17.2 Å². The van der Waals surface area contributed by atoms with Crippen molar-refractivity contribution in [3.8, 4) is 5.75 Å². The van der Waals surface area contributed by atoms with Gasteiger partial charge < -0.3 is 15.4 Å². The van der Waals surface area contributed by atoms with Crippen LogP contribution in [0.2, 0.25) is 0 Å². The molecule has 2 amide bonds. The van der Waals surface area contributed by atoms with Gasteiger partial charge in [0.1, 0.15) is 5.75 Å². The minimum Gasteiger partial charge on any atom is -0.484 e. The third kappa shape index (κ3) is 3.73. The van der Waals surface area contributed by atoms with Gasteiger partial charge in [0.15, 0.2) is 6.61 Å². The summed E-state index contributed by atoms with van der Waals surface area (Å²) in [6.45, 7) is 3.57. The molecule has 2 rings (SSSR count). The second-order valence-corrected chi connectivity index (χ2v) is 5.28. The van der Waals surface area contributed by atoms with Crippen molar-refractivity contribution in [3.05, 3.63) is 29.8 Å². The monoisotopic (exact) mass is 276 g/mol. The van der Waals surface area contributed by atoms with Crippen LogP contribution in [0.5, 0.6) is 5.75 Å². The van der Waals surface area contributed by atoms with E-state index in [0.717, 1.165) is 19.5 Å². The van der Waals surface area contributed by atoms with Gasteiger partial charge in [-0.05, 0) is 37.0 Å². The SMILES string of the molecule is C[C@H]1CCCN(C(=O)c2cccc(OCC(N)=O)c2)C1. The Morgan fingerprint density at radius 3 is 2.95 bits per heavy atom. The van der Waals surface area contributed by atoms with Crippen LogP contribution in [-0.2, 0) is 4.79 Å². The topological polar surface area (TPSA) is 72.6 Å². The molecule has 0 spiro atoms. The molecule has 2 N–H and O–H groups in total. The highest BCUT2D eigenvalue weighted by molar-refractivity contribution is 5.94. The van der Waals surface area contributed by atoms with Crippen LogP contribution >= 0.6 is 0 Å². The Labute approximate surface area is 118 Å². The van der Waals surface area contributed by atoms with Crippen molar-refractivity contribution in [2.75, 3.05) is 19.7 Å². The number of hydrogen-bond acceptors (Lipinski definition) is 3. The molecular weight excluding hydrogens is 256 g/mol. The van der Waals surface area contributed by atoms with Crippen LogP contribution in [0.1, 0.15) is 30.1 Å². The average molecular weight is 276 g/mol. The normalized spacial score (nSPS) is 18.6. The molecule has 1 fully saturated rings. The predicted octanol–water partition coefficient (Wildman–Crippen LogP) is 1.42. The summed E-state index contributed by atoms with van der Waals surface area (Å²) < 4.78 is 5.22. The van der Waals surface area contributed by atoms with E-state index in [1.54, 1.807) is 24.3 Å².